The van der Waals surface area contributed by atoms with Crippen molar-refractivity contribution in [2.75, 3.05) is 12.0 Å². The predicted molar refractivity (Wildman–Crippen MR) is 112 cm³/mol. The highest BCUT2D eigenvalue weighted by Crippen LogP contribution is 2.35. The molecule has 9 heteroatoms. The number of urea groups is 1. The summed E-state index contributed by atoms with van der Waals surface area (Å²) in [7, 11) is 1.53. The minimum Gasteiger partial charge on any atom is -0.494 e. The fourth-order valence-electron chi connectivity index (χ4n) is 2.53. The standard InChI is InChI=1S/C18H11Br3N2O4/c1-27-15-13(20)6-9(7-14(15)21)5-12-16(24)22-18(26)23(17(12)25)11-4-2-3-10(19)8-11/h2-8H,1H3,(H,22,24,26)/b12-5+. The summed E-state index contributed by atoms with van der Waals surface area (Å²) in [5.74, 6) is -0.869. The van der Waals surface area contributed by atoms with Gasteiger partial charge in [-0.2, -0.15) is 0 Å². The van der Waals surface area contributed by atoms with Crippen LogP contribution in [0.25, 0.3) is 6.08 Å². The summed E-state index contributed by atoms with van der Waals surface area (Å²) in [4.78, 5) is 38.3. The van der Waals surface area contributed by atoms with Gasteiger partial charge in [-0.25, -0.2) is 9.69 Å². The van der Waals surface area contributed by atoms with Gasteiger partial charge >= 0.3 is 6.03 Å². The number of methoxy groups -OCH3 is 1. The van der Waals surface area contributed by atoms with Crippen molar-refractivity contribution in [1.82, 2.24) is 5.32 Å². The topological polar surface area (TPSA) is 75.7 Å². The van der Waals surface area contributed by atoms with Crippen LogP contribution in [-0.2, 0) is 9.59 Å². The average molecular weight is 559 g/mol. The van der Waals surface area contributed by atoms with Crippen molar-refractivity contribution in [3.63, 3.8) is 0 Å². The van der Waals surface area contributed by atoms with E-state index in [0.717, 1.165) is 4.90 Å². The number of barbiturate groups is 1. The summed E-state index contributed by atoms with van der Waals surface area (Å²) in [6.07, 6.45) is 1.42. The van der Waals surface area contributed by atoms with Gasteiger partial charge in [0.15, 0.2) is 0 Å². The van der Waals surface area contributed by atoms with Gasteiger partial charge < -0.3 is 4.74 Å². The van der Waals surface area contributed by atoms with Crippen LogP contribution < -0.4 is 15.0 Å². The zero-order chi connectivity index (χ0) is 19.7. The SMILES string of the molecule is COc1c(Br)cc(/C=C2\C(=O)NC(=O)N(c3cccc(Br)c3)C2=O)cc1Br. The molecule has 0 aliphatic carbocycles. The Morgan fingerprint density at radius 3 is 2.30 bits per heavy atom. The molecule has 0 unspecified atom stereocenters. The Bertz CT molecular complexity index is 981. The van der Waals surface area contributed by atoms with Crippen molar-refractivity contribution in [2.45, 2.75) is 0 Å². The van der Waals surface area contributed by atoms with Gasteiger partial charge in [-0.3, -0.25) is 14.9 Å². The van der Waals surface area contributed by atoms with Gasteiger partial charge in [-0.1, -0.05) is 22.0 Å². The van der Waals surface area contributed by atoms with E-state index in [4.69, 9.17) is 4.74 Å². The fraction of sp³-hybridized carbons (Fsp3) is 0.0556. The molecule has 2 aromatic carbocycles. The number of anilines is 1. The van der Waals surface area contributed by atoms with E-state index in [0.29, 0.717) is 30.4 Å². The van der Waals surface area contributed by atoms with Gasteiger partial charge in [-0.05, 0) is 73.8 Å². The second kappa shape index (κ2) is 7.95. The number of nitrogens with zero attached hydrogens (tertiary/aromatic N) is 1. The molecule has 1 heterocycles. The Kier molecular flexibility index (Phi) is 5.83. The van der Waals surface area contributed by atoms with Gasteiger partial charge in [0.25, 0.3) is 11.8 Å². The molecule has 0 bridgehead atoms. The first kappa shape index (κ1) is 19.8. The van der Waals surface area contributed by atoms with Gasteiger partial charge in [0.05, 0.1) is 21.7 Å². The van der Waals surface area contributed by atoms with E-state index in [1.807, 2.05) is 0 Å². The molecule has 1 N–H and O–H groups in total. The van der Waals surface area contributed by atoms with Crippen LogP contribution in [0.3, 0.4) is 0 Å². The molecular formula is C18H11Br3N2O4. The summed E-state index contributed by atoms with van der Waals surface area (Å²) in [6, 6.07) is 9.30. The van der Waals surface area contributed by atoms with Gasteiger partial charge in [0.2, 0.25) is 0 Å². The van der Waals surface area contributed by atoms with E-state index in [2.05, 4.69) is 53.1 Å². The van der Waals surface area contributed by atoms with Crippen molar-refractivity contribution in [3.05, 3.63) is 61.0 Å². The Balaban J connectivity index is 2.04. The Morgan fingerprint density at radius 2 is 1.70 bits per heavy atom. The molecule has 138 valence electrons. The first-order valence-corrected chi connectivity index (χ1v) is 9.89. The highest BCUT2D eigenvalue weighted by Gasteiger charge is 2.36. The maximum atomic E-state index is 12.9. The predicted octanol–water partition coefficient (Wildman–Crippen LogP) is 4.65. The minimum absolute atomic E-state index is 0.154. The number of rotatable bonds is 3. The number of ether oxygens (including phenoxy) is 1. The van der Waals surface area contributed by atoms with Gasteiger partial charge in [0.1, 0.15) is 11.3 Å². The summed E-state index contributed by atoms with van der Waals surface area (Å²) in [6.45, 7) is 0. The molecule has 6 nitrogen and oxygen atoms in total. The Morgan fingerprint density at radius 1 is 1.04 bits per heavy atom. The highest BCUT2D eigenvalue weighted by molar-refractivity contribution is 9.11. The average Bonchev–Trinajstić information content (AvgIpc) is 2.58. The molecule has 0 radical (unpaired) electrons. The van der Waals surface area contributed by atoms with Gasteiger partial charge in [-0.15, -0.1) is 0 Å². The van der Waals surface area contributed by atoms with Crippen molar-refractivity contribution >= 4 is 77.4 Å². The molecule has 1 aliphatic heterocycles. The summed E-state index contributed by atoms with van der Waals surface area (Å²) in [5.41, 5.74) is 0.775. The maximum Gasteiger partial charge on any atom is 0.335 e. The van der Waals surface area contributed by atoms with E-state index in [1.165, 1.54) is 13.2 Å². The van der Waals surface area contributed by atoms with E-state index >= 15 is 0 Å². The summed E-state index contributed by atoms with van der Waals surface area (Å²) >= 11 is 10.1. The molecule has 4 amide bonds. The fourth-order valence-corrected chi connectivity index (χ4v) is 4.46. The summed E-state index contributed by atoms with van der Waals surface area (Å²) < 4.78 is 7.24. The quantitative estimate of drug-likeness (QED) is 0.440. The number of carbonyl (C=O) groups excluding carboxylic acids is 3. The van der Waals surface area contributed by atoms with E-state index < -0.39 is 17.8 Å². The van der Waals surface area contributed by atoms with Crippen LogP contribution in [0.4, 0.5) is 10.5 Å². The maximum absolute atomic E-state index is 12.9. The third-order valence-corrected chi connectivity index (χ3v) is 5.38. The highest BCUT2D eigenvalue weighted by atomic mass is 79.9. The van der Waals surface area contributed by atoms with E-state index in [9.17, 15) is 14.4 Å². The van der Waals surface area contributed by atoms with Crippen LogP contribution in [0.2, 0.25) is 0 Å². The smallest absolute Gasteiger partial charge is 0.335 e. The minimum atomic E-state index is -0.794. The van der Waals surface area contributed by atoms with Crippen molar-refractivity contribution in [3.8, 4) is 5.75 Å². The molecule has 0 aromatic heterocycles. The monoisotopic (exact) mass is 556 g/mol. The molecule has 2 aromatic rings. The van der Waals surface area contributed by atoms with E-state index in [-0.39, 0.29) is 5.57 Å². The van der Waals surface area contributed by atoms with Gasteiger partial charge in [0, 0.05) is 4.47 Å². The number of hydrogen-bond donors (Lipinski definition) is 1. The number of benzene rings is 2. The van der Waals surface area contributed by atoms with Crippen molar-refractivity contribution in [2.24, 2.45) is 0 Å². The van der Waals surface area contributed by atoms with Crippen LogP contribution in [0.1, 0.15) is 5.56 Å². The van der Waals surface area contributed by atoms with Crippen LogP contribution in [0, 0.1) is 0 Å². The lowest BCUT2D eigenvalue weighted by Crippen LogP contribution is -2.54. The molecule has 1 fully saturated rings. The van der Waals surface area contributed by atoms with Crippen molar-refractivity contribution < 1.29 is 19.1 Å². The van der Waals surface area contributed by atoms with Crippen LogP contribution >= 0.6 is 47.8 Å². The molecule has 0 atom stereocenters. The zero-order valence-corrected chi connectivity index (χ0v) is 18.5. The lowest BCUT2D eigenvalue weighted by Gasteiger charge is -2.26. The molecular weight excluding hydrogens is 548 g/mol. The molecule has 1 saturated heterocycles. The number of nitrogens with one attached hydrogen (secondary N) is 1. The Labute approximate surface area is 179 Å². The van der Waals surface area contributed by atoms with Crippen LogP contribution in [0.15, 0.2) is 55.4 Å². The van der Waals surface area contributed by atoms with Crippen LogP contribution in [0.5, 0.6) is 5.75 Å². The lowest BCUT2D eigenvalue weighted by molar-refractivity contribution is -0.122. The molecule has 3 rings (SSSR count). The number of halogens is 3. The zero-order valence-electron chi connectivity index (χ0n) is 13.8. The van der Waals surface area contributed by atoms with Crippen molar-refractivity contribution in [1.29, 1.82) is 0 Å². The largest absolute Gasteiger partial charge is 0.494 e. The molecule has 0 saturated carbocycles. The first-order valence-electron chi connectivity index (χ1n) is 7.52. The summed E-state index contributed by atoms with van der Waals surface area (Å²) in [5, 5.41) is 2.20. The molecule has 27 heavy (non-hydrogen) atoms. The van der Waals surface area contributed by atoms with Crippen LogP contribution in [-0.4, -0.2) is 25.0 Å². The second-order valence-electron chi connectivity index (χ2n) is 5.46. The number of carbonyl (C=O) groups is 3. The first-order chi connectivity index (χ1) is 12.8. The normalized spacial score (nSPS) is 15.9. The van der Waals surface area contributed by atoms with E-state index in [1.54, 1.807) is 36.4 Å². The third kappa shape index (κ3) is 3.99. The number of imide groups is 2. The number of amides is 4. The molecule has 0 spiro atoms. The second-order valence-corrected chi connectivity index (χ2v) is 8.08. The number of hydrogen-bond acceptors (Lipinski definition) is 4. The third-order valence-electron chi connectivity index (χ3n) is 3.70. The lowest BCUT2D eigenvalue weighted by atomic mass is 10.1. The molecule has 1 aliphatic rings. The Hall–Kier alpha value is -1.97.